The standard InChI is InChI=1S/C26H31N5O4/c1-35-16-8-15-30(22(32)18-29-14-7-12-20-11-5-6-13-21(20)29)23-24(27)31(26(34)28-25(23)33)17-19-9-3-2-4-10-19/h2-6,9-11,13H,7-8,12,14-18,27H2,1H3,(H,28,33,34). The van der Waals surface area contributed by atoms with Crippen LogP contribution in [0.5, 0.6) is 0 Å². The summed E-state index contributed by atoms with van der Waals surface area (Å²) in [6.45, 7) is 1.67. The Morgan fingerprint density at radius 2 is 1.86 bits per heavy atom. The predicted octanol–water partition coefficient (Wildman–Crippen LogP) is 1.99. The van der Waals surface area contributed by atoms with Crippen molar-refractivity contribution in [2.24, 2.45) is 0 Å². The lowest BCUT2D eigenvalue weighted by Gasteiger charge is -2.33. The highest BCUT2D eigenvalue weighted by Crippen LogP contribution is 2.27. The SMILES string of the molecule is COCCCN(C(=O)CN1CCCc2ccccc21)c1c(N)n(Cc2ccccc2)c(=O)[nH]c1=O. The number of rotatable bonds is 9. The Labute approximate surface area is 203 Å². The number of methoxy groups -OCH3 is 1. The molecule has 1 aliphatic heterocycles. The third kappa shape index (κ3) is 5.46. The number of anilines is 3. The molecule has 1 aliphatic rings. The zero-order valence-electron chi connectivity index (χ0n) is 19.9. The average Bonchev–Trinajstić information content (AvgIpc) is 2.86. The molecule has 0 unspecified atom stereocenters. The molecule has 3 aromatic rings. The molecule has 0 spiro atoms. The van der Waals surface area contributed by atoms with E-state index in [1.165, 1.54) is 15.0 Å². The first-order valence-electron chi connectivity index (χ1n) is 11.8. The van der Waals surface area contributed by atoms with Crippen LogP contribution in [0.25, 0.3) is 0 Å². The molecule has 0 bridgehead atoms. The molecule has 184 valence electrons. The van der Waals surface area contributed by atoms with Gasteiger partial charge in [0.2, 0.25) is 5.91 Å². The molecule has 35 heavy (non-hydrogen) atoms. The summed E-state index contributed by atoms with van der Waals surface area (Å²) in [4.78, 5) is 45.0. The third-order valence-electron chi connectivity index (χ3n) is 6.23. The number of aromatic nitrogens is 2. The number of aromatic amines is 1. The van der Waals surface area contributed by atoms with Crippen LogP contribution in [-0.2, 0) is 22.5 Å². The summed E-state index contributed by atoms with van der Waals surface area (Å²) in [5.41, 5.74) is 8.16. The first kappa shape index (κ1) is 24.3. The van der Waals surface area contributed by atoms with E-state index in [0.717, 1.165) is 30.6 Å². The van der Waals surface area contributed by atoms with E-state index in [9.17, 15) is 14.4 Å². The van der Waals surface area contributed by atoms with Gasteiger partial charge in [-0.2, -0.15) is 0 Å². The number of ether oxygens (including phenoxy) is 1. The lowest BCUT2D eigenvalue weighted by molar-refractivity contribution is -0.117. The van der Waals surface area contributed by atoms with E-state index in [-0.39, 0.29) is 37.0 Å². The fraction of sp³-hybridized carbons (Fsp3) is 0.346. The summed E-state index contributed by atoms with van der Waals surface area (Å²) < 4.78 is 6.46. The summed E-state index contributed by atoms with van der Waals surface area (Å²) in [6.07, 6.45) is 2.42. The summed E-state index contributed by atoms with van der Waals surface area (Å²) in [5.74, 6) is -0.299. The van der Waals surface area contributed by atoms with E-state index >= 15 is 0 Å². The first-order valence-corrected chi connectivity index (χ1v) is 11.8. The van der Waals surface area contributed by atoms with Gasteiger partial charge in [0.1, 0.15) is 5.82 Å². The molecule has 3 N–H and O–H groups in total. The van der Waals surface area contributed by atoms with Gasteiger partial charge in [0.25, 0.3) is 5.56 Å². The van der Waals surface area contributed by atoms with Crippen molar-refractivity contribution in [3.8, 4) is 0 Å². The highest BCUT2D eigenvalue weighted by Gasteiger charge is 2.27. The minimum absolute atomic E-state index is 0.00747. The number of nitrogen functional groups attached to an aromatic ring is 1. The van der Waals surface area contributed by atoms with Crippen LogP contribution in [0.1, 0.15) is 24.0 Å². The molecule has 2 aromatic carbocycles. The minimum atomic E-state index is -0.679. The van der Waals surface area contributed by atoms with Crippen molar-refractivity contribution >= 4 is 23.1 Å². The van der Waals surface area contributed by atoms with Crippen LogP contribution in [-0.4, -0.2) is 48.8 Å². The summed E-state index contributed by atoms with van der Waals surface area (Å²) in [7, 11) is 1.58. The van der Waals surface area contributed by atoms with Crippen molar-refractivity contribution in [1.82, 2.24) is 9.55 Å². The monoisotopic (exact) mass is 477 g/mol. The number of para-hydroxylation sites is 1. The Morgan fingerprint density at radius 1 is 1.11 bits per heavy atom. The number of benzene rings is 2. The van der Waals surface area contributed by atoms with Gasteiger partial charge in [-0.3, -0.25) is 19.1 Å². The van der Waals surface area contributed by atoms with Gasteiger partial charge < -0.3 is 20.3 Å². The van der Waals surface area contributed by atoms with Crippen molar-refractivity contribution < 1.29 is 9.53 Å². The van der Waals surface area contributed by atoms with Crippen molar-refractivity contribution in [2.75, 3.05) is 48.9 Å². The number of carbonyl (C=O) groups is 1. The third-order valence-corrected chi connectivity index (χ3v) is 6.23. The summed E-state index contributed by atoms with van der Waals surface area (Å²) in [5, 5.41) is 0. The van der Waals surface area contributed by atoms with Gasteiger partial charge in [0.15, 0.2) is 5.69 Å². The maximum absolute atomic E-state index is 13.6. The van der Waals surface area contributed by atoms with Crippen molar-refractivity contribution in [2.45, 2.75) is 25.8 Å². The Hall–Kier alpha value is -3.85. The van der Waals surface area contributed by atoms with Crippen LogP contribution in [0.3, 0.4) is 0 Å². The predicted molar refractivity (Wildman–Crippen MR) is 137 cm³/mol. The van der Waals surface area contributed by atoms with Gasteiger partial charge in [-0.05, 0) is 36.5 Å². The van der Waals surface area contributed by atoms with E-state index in [1.54, 1.807) is 7.11 Å². The number of nitrogens with zero attached hydrogens (tertiary/aromatic N) is 3. The Kier molecular flexibility index (Phi) is 7.67. The first-order chi connectivity index (χ1) is 17.0. The number of fused-ring (bicyclic) bond motifs is 1. The van der Waals surface area contributed by atoms with E-state index in [0.29, 0.717) is 13.0 Å². The number of hydrogen-bond acceptors (Lipinski definition) is 6. The zero-order valence-corrected chi connectivity index (χ0v) is 19.9. The van der Waals surface area contributed by atoms with Crippen molar-refractivity contribution in [3.63, 3.8) is 0 Å². The van der Waals surface area contributed by atoms with Gasteiger partial charge in [-0.15, -0.1) is 0 Å². The summed E-state index contributed by atoms with van der Waals surface area (Å²) >= 11 is 0. The van der Waals surface area contributed by atoms with Crippen LogP contribution < -0.4 is 26.8 Å². The highest BCUT2D eigenvalue weighted by atomic mass is 16.5. The molecular formula is C26H31N5O4. The molecule has 0 radical (unpaired) electrons. The van der Waals surface area contributed by atoms with Crippen LogP contribution in [0, 0.1) is 0 Å². The van der Waals surface area contributed by atoms with E-state index < -0.39 is 11.2 Å². The van der Waals surface area contributed by atoms with Crippen LogP contribution >= 0.6 is 0 Å². The number of H-pyrrole nitrogens is 1. The molecule has 2 heterocycles. The van der Waals surface area contributed by atoms with Gasteiger partial charge >= 0.3 is 5.69 Å². The molecule has 9 heteroatoms. The number of amides is 1. The number of hydrogen-bond donors (Lipinski definition) is 2. The normalized spacial score (nSPS) is 12.9. The molecular weight excluding hydrogens is 446 g/mol. The maximum atomic E-state index is 13.6. The lowest BCUT2D eigenvalue weighted by Crippen LogP contribution is -2.46. The van der Waals surface area contributed by atoms with Gasteiger partial charge in [-0.1, -0.05) is 48.5 Å². The quantitative estimate of drug-likeness (QED) is 0.456. The second kappa shape index (κ2) is 11.1. The minimum Gasteiger partial charge on any atom is -0.385 e. The van der Waals surface area contributed by atoms with Crippen molar-refractivity contribution in [3.05, 3.63) is 86.6 Å². The number of nitrogens with two attached hydrogens (primary N) is 1. The fourth-order valence-electron chi connectivity index (χ4n) is 4.51. The fourth-order valence-corrected chi connectivity index (χ4v) is 4.51. The van der Waals surface area contributed by atoms with E-state index in [4.69, 9.17) is 10.5 Å². The van der Waals surface area contributed by atoms with Gasteiger partial charge in [-0.25, -0.2) is 4.79 Å². The van der Waals surface area contributed by atoms with Crippen LogP contribution in [0.2, 0.25) is 0 Å². The van der Waals surface area contributed by atoms with Crippen LogP contribution in [0.15, 0.2) is 64.2 Å². The summed E-state index contributed by atoms with van der Waals surface area (Å²) in [6, 6.07) is 17.4. The molecule has 1 amide bonds. The number of carbonyl (C=O) groups excluding carboxylic acids is 1. The number of nitrogens with one attached hydrogen (secondary N) is 1. The smallest absolute Gasteiger partial charge is 0.330 e. The van der Waals surface area contributed by atoms with Crippen molar-refractivity contribution in [1.29, 1.82) is 0 Å². The number of aryl methyl sites for hydroxylation is 1. The lowest BCUT2D eigenvalue weighted by atomic mass is 10.0. The molecule has 0 atom stereocenters. The largest absolute Gasteiger partial charge is 0.385 e. The molecule has 0 saturated carbocycles. The molecule has 1 aromatic heterocycles. The molecule has 9 nitrogen and oxygen atoms in total. The molecule has 0 saturated heterocycles. The zero-order chi connectivity index (χ0) is 24.8. The molecule has 0 fully saturated rings. The van der Waals surface area contributed by atoms with Crippen LogP contribution in [0.4, 0.5) is 17.2 Å². The molecule has 4 rings (SSSR count). The Morgan fingerprint density at radius 3 is 2.63 bits per heavy atom. The second-order valence-electron chi connectivity index (χ2n) is 8.61. The maximum Gasteiger partial charge on any atom is 0.330 e. The van der Waals surface area contributed by atoms with Gasteiger partial charge in [0.05, 0.1) is 13.1 Å². The molecule has 0 aliphatic carbocycles. The topological polar surface area (TPSA) is 114 Å². The van der Waals surface area contributed by atoms with E-state index in [1.807, 2.05) is 53.4 Å². The second-order valence-corrected chi connectivity index (χ2v) is 8.61. The Bertz CT molecular complexity index is 1280. The highest BCUT2D eigenvalue weighted by molar-refractivity contribution is 5.98. The van der Waals surface area contributed by atoms with Gasteiger partial charge in [0, 0.05) is 32.5 Å². The average molecular weight is 478 g/mol. The Balaban J connectivity index is 1.68. The van der Waals surface area contributed by atoms with E-state index in [2.05, 4.69) is 11.1 Å².